The van der Waals surface area contributed by atoms with E-state index in [1.54, 1.807) is 6.20 Å². The summed E-state index contributed by atoms with van der Waals surface area (Å²) in [4.78, 5) is 19.5. The summed E-state index contributed by atoms with van der Waals surface area (Å²) < 4.78 is 5.56. The molecule has 2 atom stereocenters. The molecule has 5 heteroatoms. The van der Waals surface area contributed by atoms with E-state index in [-0.39, 0.29) is 23.5 Å². The number of carbonyl (C=O) groups is 1. The Morgan fingerprint density at radius 3 is 2.74 bits per heavy atom. The van der Waals surface area contributed by atoms with E-state index >= 15 is 0 Å². The molecule has 1 aromatic rings. The van der Waals surface area contributed by atoms with Gasteiger partial charge < -0.3 is 9.64 Å². The zero-order chi connectivity index (χ0) is 14.2. The highest BCUT2D eigenvalue weighted by molar-refractivity contribution is 7.13. The van der Waals surface area contributed by atoms with Crippen LogP contribution in [0.15, 0.2) is 6.20 Å². The van der Waals surface area contributed by atoms with E-state index in [2.05, 4.69) is 25.8 Å². The van der Waals surface area contributed by atoms with Gasteiger partial charge >= 0.3 is 0 Å². The molecule has 0 N–H and O–H groups in total. The molecule has 0 unspecified atom stereocenters. The molecular weight excluding hydrogens is 260 g/mol. The summed E-state index contributed by atoms with van der Waals surface area (Å²) in [5, 5.41) is 1.00. The van der Waals surface area contributed by atoms with Gasteiger partial charge in [0.2, 0.25) is 0 Å². The molecule has 1 fully saturated rings. The van der Waals surface area contributed by atoms with Crippen molar-refractivity contribution >= 4 is 17.2 Å². The van der Waals surface area contributed by atoms with Crippen LogP contribution in [-0.2, 0) is 10.2 Å². The fourth-order valence-electron chi connectivity index (χ4n) is 2.05. The molecule has 1 aromatic heterocycles. The van der Waals surface area contributed by atoms with Crippen molar-refractivity contribution < 1.29 is 9.53 Å². The van der Waals surface area contributed by atoms with Crippen LogP contribution in [0.4, 0.5) is 0 Å². The highest BCUT2D eigenvalue weighted by Gasteiger charge is 2.30. The number of rotatable bonds is 1. The summed E-state index contributed by atoms with van der Waals surface area (Å²) in [5.41, 5.74) is -0.00683. The average Bonchev–Trinajstić information content (AvgIpc) is 2.80. The summed E-state index contributed by atoms with van der Waals surface area (Å²) in [6.07, 6.45) is 1.82. The minimum absolute atomic E-state index is 0.00683. The Balaban J connectivity index is 2.17. The molecule has 1 amide bonds. The van der Waals surface area contributed by atoms with E-state index in [9.17, 15) is 4.79 Å². The smallest absolute Gasteiger partial charge is 0.265 e. The molecule has 0 aromatic carbocycles. The first-order chi connectivity index (χ1) is 8.79. The highest BCUT2D eigenvalue weighted by atomic mass is 32.1. The van der Waals surface area contributed by atoms with E-state index in [4.69, 9.17) is 4.74 Å². The van der Waals surface area contributed by atoms with Gasteiger partial charge in [-0.1, -0.05) is 20.8 Å². The second-order valence-corrected chi connectivity index (χ2v) is 7.26. The second-order valence-electron chi connectivity index (χ2n) is 6.23. The maximum Gasteiger partial charge on any atom is 0.265 e. The monoisotopic (exact) mass is 282 g/mol. The summed E-state index contributed by atoms with van der Waals surface area (Å²) in [7, 11) is 0. The van der Waals surface area contributed by atoms with Gasteiger partial charge in [-0.3, -0.25) is 4.79 Å². The highest BCUT2D eigenvalue weighted by Crippen LogP contribution is 2.28. The zero-order valence-corrected chi connectivity index (χ0v) is 13.1. The molecule has 0 aliphatic carbocycles. The van der Waals surface area contributed by atoms with E-state index in [1.807, 2.05) is 18.7 Å². The lowest BCUT2D eigenvalue weighted by Gasteiger charge is -2.36. The number of hydrogen-bond acceptors (Lipinski definition) is 4. The SMILES string of the molecule is C[C@H]1CN(C(=O)c2cnc(C(C)(C)C)s2)[C@@H](C)CO1. The van der Waals surface area contributed by atoms with E-state index < -0.39 is 0 Å². The second kappa shape index (κ2) is 5.21. The normalized spacial score (nSPS) is 24.6. The van der Waals surface area contributed by atoms with Crippen LogP contribution in [0.1, 0.15) is 49.3 Å². The molecule has 106 valence electrons. The molecule has 4 nitrogen and oxygen atoms in total. The average molecular weight is 282 g/mol. The van der Waals surface area contributed by atoms with Gasteiger partial charge in [0.05, 0.1) is 30.0 Å². The van der Waals surface area contributed by atoms with Crippen LogP contribution in [0.3, 0.4) is 0 Å². The van der Waals surface area contributed by atoms with Crippen molar-refractivity contribution in [3.63, 3.8) is 0 Å². The molecule has 0 saturated carbocycles. The minimum Gasteiger partial charge on any atom is -0.375 e. The third kappa shape index (κ3) is 3.15. The molecule has 0 bridgehead atoms. The Kier molecular flexibility index (Phi) is 3.97. The van der Waals surface area contributed by atoms with E-state index in [1.165, 1.54) is 11.3 Å². The number of thiazole rings is 1. The van der Waals surface area contributed by atoms with Crippen molar-refractivity contribution in [1.29, 1.82) is 0 Å². The number of aromatic nitrogens is 1. The predicted octanol–water partition coefficient (Wildman–Crippen LogP) is 2.69. The fourth-order valence-corrected chi connectivity index (χ4v) is 2.98. The van der Waals surface area contributed by atoms with Crippen LogP contribution in [-0.4, -0.2) is 41.1 Å². The molecule has 2 heterocycles. The lowest BCUT2D eigenvalue weighted by Crippen LogP contribution is -2.50. The van der Waals surface area contributed by atoms with Crippen LogP contribution in [0, 0.1) is 0 Å². The number of hydrogen-bond donors (Lipinski definition) is 0. The number of nitrogens with zero attached hydrogens (tertiary/aromatic N) is 2. The molecule has 1 aliphatic heterocycles. The maximum absolute atomic E-state index is 12.5. The first kappa shape index (κ1) is 14.5. The van der Waals surface area contributed by atoms with Crippen molar-refractivity contribution in [2.24, 2.45) is 0 Å². The minimum atomic E-state index is -0.00683. The number of ether oxygens (including phenoxy) is 1. The Bertz CT molecular complexity index is 464. The van der Waals surface area contributed by atoms with Gasteiger partial charge in [0.15, 0.2) is 0 Å². The van der Waals surface area contributed by atoms with Crippen molar-refractivity contribution in [1.82, 2.24) is 9.88 Å². The molecule has 0 radical (unpaired) electrons. The third-order valence-electron chi connectivity index (χ3n) is 3.23. The van der Waals surface area contributed by atoms with E-state index in [0.717, 1.165) is 9.88 Å². The van der Waals surface area contributed by atoms with Crippen LogP contribution in [0.5, 0.6) is 0 Å². The van der Waals surface area contributed by atoms with Gasteiger partial charge in [0.25, 0.3) is 5.91 Å². The number of morpholine rings is 1. The lowest BCUT2D eigenvalue weighted by molar-refractivity contribution is -0.0385. The van der Waals surface area contributed by atoms with Gasteiger partial charge in [-0.2, -0.15) is 0 Å². The quantitative estimate of drug-likeness (QED) is 0.795. The topological polar surface area (TPSA) is 42.4 Å². The first-order valence-corrected chi connectivity index (χ1v) is 7.49. The van der Waals surface area contributed by atoms with Gasteiger partial charge in [0.1, 0.15) is 4.88 Å². The standard InChI is InChI=1S/C14H22N2O2S/c1-9-8-18-10(2)7-16(9)12(17)11-6-15-13(19-11)14(3,4)5/h6,9-10H,7-8H2,1-5H3/t9-,10-/m0/s1. The lowest BCUT2D eigenvalue weighted by atomic mass is 9.98. The molecule has 2 rings (SSSR count). The van der Waals surface area contributed by atoms with Crippen LogP contribution in [0.2, 0.25) is 0 Å². The zero-order valence-electron chi connectivity index (χ0n) is 12.3. The van der Waals surface area contributed by atoms with Crippen molar-refractivity contribution in [3.8, 4) is 0 Å². The summed E-state index contributed by atoms with van der Waals surface area (Å²) in [6.45, 7) is 11.6. The molecule has 1 aliphatic rings. The van der Waals surface area contributed by atoms with Crippen LogP contribution in [0.25, 0.3) is 0 Å². The van der Waals surface area contributed by atoms with Crippen molar-refractivity contribution in [3.05, 3.63) is 16.1 Å². The summed E-state index contributed by atoms with van der Waals surface area (Å²) in [5.74, 6) is 0.0793. The Hall–Kier alpha value is -0.940. The molecule has 0 spiro atoms. The van der Waals surface area contributed by atoms with Crippen LogP contribution >= 0.6 is 11.3 Å². The van der Waals surface area contributed by atoms with Gasteiger partial charge in [0, 0.05) is 12.0 Å². The molecule has 1 saturated heterocycles. The van der Waals surface area contributed by atoms with Crippen molar-refractivity contribution in [2.75, 3.05) is 13.2 Å². The summed E-state index contributed by atoms with van der Waals surface area (Å²) >= 11 is 1.50. The van der Waals surface area contributed by atoms with Crippen molar-refractivity contribution in [2.45, 2.75) is 52.2 Å². The van der Waals surface area contributed by atoms with Gasteiger partial charge in [-0.05, 0) is 13.8 Å². The van der Waals surface area contributed by atoms with Crippen LogP contribution < -0.4 is 0 Å². The molecule has 19 heavy (non-hydrogen) atoms. The summed E-state index contributed by atoms with van der Waals surface area (Å²) in [6, 6.07) is 0.129. The Morgan fingerprint density at radius 1 is 1.47 bits per heavy atom. The number of carbonyl (C=O) groups excluding carboxylic acids is 1. The third-order valence-corrected chi connectivity index (χ3v) is 4.64. The number of amides is 1. The fraction of sp³-hybridized carbons (Fsp3) is 0.714. The van der Waals surface area contributed by atoms with E-state index in [0.29, 0.717) is 13.2 Å². The Morgan fingerprint density at radius 2 is 2.16 bits per heavy atom. The van der Waals surface area contributed by atoms with Gasteiger partial charge in [-0.25, -0.2) is 4.98 Å². The Labute approximate surface area is 118 Å². The molecular formula is C14H22N2O2S. The van der Waals surface area contributed by atoms with Gasteiger partial charge in [-0.15, -0.1) is 11.3 Å². The first-order valence-electron chi connectivity index (χ1n) is 6.68. The maximum atomic E-state index is 12.5. The largest absolute Gasteiger partial charge is 0.375 e. The predicted molar refractivity (Wildman–Crippen MR) is 76.7 cm³/mol.